The minimum atomic E-state index is -1.62. The van der Waals surface area contributed by atoms with Crippen LogP contribution in [0.25, 0.3) is 21.5 Å². The monoisotopic (exact) mass is 563 g/mol. The second kappa shape index (κ2) is 10.6. The fourth-order valence-electron chi connectivity index (χ4n) is 4.67. The highest BCUT2D eigenvalue weighted by molar-refractivity contribution is 7.18. The molecule has 0 spiro atoms. The Hall–Kier alpha value is -3.43. The van der Waals surface area contributed by atoms with Gasteiger partial charge in [0.2, 0.25) is 0 Å². The van der Waals surface area contributed by atoms with Crippen LogP contribution in [-0.4, -0.2) is 81.3 Å². The number of thiazole rings is 1. The van der Waals surface area contributed by atoms with Gasteiger partial charge in [-0.3, -0.25) is 4.79 Å². The summed E-state index contributed by atoms with van der Waals surface area (Å²) in [5, 5.41) is 29.7. The Bertz CT molecular complexity index is 1510. The van der Waals surface area contributed by atoms with Gasteiger partial charge < -0.3 is 24.6 Å². The Balaban J connectivity index is 1.47. The van der Waals surface area contributed by atoms with Crippen LogP contribution in [0, 0.1) is 24.4 Å². The minimum absolute atomic E-state index is 0.0185. The molecule has 10 nitrogen and oxygen atoms in total. The van der Waals surface area contributed by atoms with Gasteiger partial charge in [0, 0.05) is 25.4 Å². The lowest BCUT2D eigenvalue weighted by molar-refractivity contribution is -0.211. The lowest BCUT2D eigenvalue weighted by Gasteiger charge is -2.43. The molecule has 1 aliphatic heterocycles. The molecule has 0 unspecified atom stereocenters. The zero-order valence-corrected chi connectivity index (χ0v) is 21.8. The van der Waals surface area contributed by atoms with Crippen molar-refractivity contribution >= 4 is 33.1 Å². The maximum absolute atomic E-state index is 13.8. The number of aryl methyl sites for hydroxylation is 1. The van der Waals surface area contributed by atoms with Crippen molar-refractivity contribution in [3.63, 3.8) is 0 Å². The number of aromatic nitrogens is 4. The molecule has 0 bridgehead atoms. The van der Waals surface area contributed by atoms with E-state index < -0.39 is 60.4 Å². The Morgan fingerprint density at radius 1 is 1.23 bits per heavy atom. The fraction of sp³-hybridized carbons (Fsp3) is 0.360. The Morgan fingerprint density at radius 3 is 2.62 bits per heavy atom. The molecule has 39 heavy (non-hydrogen) atoms. The van der Waals surface area contributed by atoms with E-state index in [0.29, 0.717) is 5.69 Å². The van der Waals surface area contributed by atoms with Gasteiger partial charge in [-0.1, -0.05) is 5.21 Å². The Kier molecular flexibility index (Phi) is 7.39. The molecule has 1 fully saturated rings. The number of halogens is 3. The molecule has 14 heteroatoms. The number of methoxy groups -OCH3 is 1. The standard InChI is InChI=1S/C25H24F3N5O5S/c1-11-29-16-5-4-13(8-19(16)39-11)32(2)25(36)24-23(37-3)21(22(35)18(10-34)38-24)33-9-17(30-31-33)12-6-14(26)20(28)15(27)7-12/h4-9,18,21-24,34-35H,10H2,1-3H3/t18-,21+,22+,23-,24-/m1/s1. The summed E-state index contributed by atoms with van der Waals surface area (Å²) in [6.07, 6.45) is -3.70. The second-order valence-corrected chi connectivity index (χ2v) is 10.3. The molecule has 1 saturated heterocycles. The van der Waals surface area contributed by atoms with E-state index >= 15 is 0 Å². The molecule has 3 heterocycles. The molecule has 1 aliphatic rings. The molecule has 0 aliphatic carbocycles. The predicted molar refractivity (Wildman–Crippen MR) is 135 cm³/mol. The van der Waals surface area contributed by atoms with Gasteiger partial charge in [-0.25, -0.2) is 22.8 Å². The molecule has 0 saturated carbocycles. The molecule has 2 N–H and O–H groups in total. The summed E-state index contributed by atoms with van der Waals surface area (Å²) in [7, 11) is 2.88. The first-order valence-electron chi connectivity index (χ1n) is 11.8. The van der Waals surface area contributed by atoms with Crippen molar-refractivity contribution in [3.05, 3.63) is 59.0 Å². The molecule has 5 rings (SSSR count). The third kappa shape index (κ3) is 4.89. The van der Waals surface area contributed by atoms with E-state index in [-0.39, 0.29) is 11.3 Å². The Labute approximate surface area is 224 Å². The van der Waals surface area contributed by atoms with Gasteiger partial charge in [-0.15, -0.1) is 16.4 Å². The van der Waals surface area contributed by atoms with E-state index in [1.165, 1.54) is 34.2 Å². The SMILES string of the molecule is CO[C@@H]1[C@@H](n2cc(-c3cc(F)c(F)c(F)c3)nn2)[C@@H](O)[C@@H](CO)O[C@H]1C(=O)N(C)c1ccc2nc(C)sc2c1. The van der Waals surface area contributed by atoms with Gasteiger partial charge in [0.25, 0.3) is 5.91 Å². The van der Waals surface area contributed by atoms with Gasteiger partial charge in [-0.05, 0) is 37.3 Å². The van der Waals surface area contributed by atoms with E-state index in [1.54, 1.807) is 19.2 Å². The largest absolute Gasteiger partial charge is 0.394 e. The highest BCUT2D eigenvalue weighted by Gasteiger charge is 2.50. The molecule has 2 aromatic carbocycles. The van der Waals surface area contributed by atoms with E-state index in [9.17, 15) is 28.2 Å². The number of carbonyl (C=O) groups is 1. The van der Waals surface area contributed by atoms with Crippen molar-refractivity contribution in [2.45, 2.75) is 37.4 Å². The van der Waals surface area contributed by atoms with Crippen molar-refractivity contribution in [1.82, 2.24) is 20.0 Å². The van der Waals surface area contributed by atoms with Crippen LogP contribution in [0.5, 0.6) is 0 Å². The summed E-state index contributed by atoms with van der Waals surface area (Å²) < 4.78 is 54.5. The molecular formula is C25H24F3N5O5S. The van der Waals surface area contributed by atoms with Crippen LogP contribution in [0.1, 0.15) is 11.0 Å². The maximum atomic E-state index is 13.8. The van der Waals surface area contributed by atoms with Crippen LogP contribution in [0.15, 0.2) is 36.5 Å². The number of carbonyl (C=O) groups excluding carboxylic acids is 1. The third-order valence-electron chi connectivity index (χ3n) is 6.67. The molecule has 1 amide bonds. The van der Waals surface area contributed by atoms with Gasteiger partial charge in [-0.2, -0.15) is 0 Å². The number of hydrogen-bond donors (Lipinski definition) is 2. The van der Waals surface area contributed by atoms with Crippen molar-refractivity contribution in [2.24, 2.45) is 0 Å². The zero-order chi connectivity index (χ0) is 28.0. The van der Waals surface area contributed by atoms with Gasteiger partial charge >= 0.3 is 0 Å². The number of nitrogens with zero attached hydrogens (tertiary/aromatic N) is 5. The smallest absolute Gasteiger partial charge is 0.258 e. The summed E-state index contributed by atoms with van der Waals surface area (Å²) >= 11 is 1.48. The molecule has 2 aromatic heterocycles. The number of benzene rings is 2. The molecular weight excluding hydrogens is 539 g/mol. The van der Waals surface area contributed by atoms with Crippen LogP contribution < -0.4 is 4.90 Å². The number of anilines is 1. The number of aliphatic hydroxyl groups excluding tert-OH is 2. The van der Waals surface area contributed by atoms with Crippen LogP contribution >= 0.6 is 11.3 Å². The second-order valence-electron chi connectivity index (χ2n) is 9.08. The van der Waals surface area contributed by atoms with E-state index in [4.69, 9.17) is 9.47 Å². The summed E-state index contributed by atoms with van der Waals surface area (Å²) in [5.74, 6) is -4.94. The first-order chi connectivity index (χ1) is 18.6. The average Bonchev–Trinajstić information content (AvgIpc) is 3.55. The van der Waals surface area contributed by atoms with Gasteiger partial charge in [0.1, 0.15) is 30.0 Å². The molecule has 206 valence electrons. The van der Waals surface area contributed by atoms with Crippen LogP contribution in [-0.2, 0) is 14.3 Å². The van der Waals surface area contributed by atoms with Crippen molar-refractivity contribution in [1.29, 1.82) is 0 Å². The highest BCUT2D eigenvalue weighted by Crippen LogP contribution is 2.35. The van der Waals surface area contributed by atoms with Crippen molar-refractivity contribution in [3.8, 4) is 11.3 Å². The lowest BCUT2D eigenvalue weighted by Crippen LogP contribution is -2.60. The van der Waals surface area contributed by atoms with Gasteiger partial charge in [0.15, 0.2) is 23.6 Å². The number of fused-ring (bicyclic) bond motifs is 1. The number of hydrogen-bond acceptors (Lipinski definition) is 9. The maximum Gasteiger partial charge on any atom is 0.258 e. The van der Waals surface area contributed by atoms with Crippen LogP contribution in [0.2, 0.25) is 0 Å². The topological polar surface area (TPSA) is 123 Å². The average molecular weight is 564 g/mol. The van der Waals surface area contributed by atoms with E-state index in [1.807, 2.05) is 13.0 Å². The van der Waals surface area contributed by atoms with Gasteiger partial charge in [0.05, 0.1) is 28.0 Å². The third-order valence-corrected chi connectivity index (χ3v) is 7.61. The first-order valence-corrected chi connectivity index (χ1v) is 12.6. The predicted octanol–water partition coefficient (Wildman–Crippen LogP) is 2.62. The van der Waals surface area contributed by atoms with Crippen LogP contribution in [0.4, 0.5) is 18.9 Å². The number of ether oxygens (including phenoxy) is 2. The molecule has 0 radical (unpaired) electrons. The molecule has 4 aromatic rings. The van der Waals surface area contributed by atoms with Crippen molar-refractivity contribution in [2.75, 3.05) is 25.7 Å². The fourth-order valence-corrected chi connectivity index (χ4v) is 5.53. The minimum Gasteiger partial charge on any atom is -0.394 e. The Morgan fingerprint density at radius 2 is 1.95 bits per heavy atom. The quantitative estimate of drug-likeness (QED) is 0.344. The summed E-state index contributed by atoms with van der Waals surface area (Å²) in [5.41, 5.74) is 1.27. The highest BCUT2D eigenvalue weighted by atomic mass is 32.1. The number of likely N-dealkylation sites (N-methyl/N-ethyl adjacent to an activating group) is 1. The first kappa shape index (κ1) is 27.1. The van der Waals surface area contributed by atoms with Crippen LogP contribution in [0.3, 0.4) is 0 Å². The summed E-state index contributed by atoms with van der Waals surface area (Å²) in [6.45, 7) is 1.26. The zero-order valence-electron chi connectivity index (χ0n) is 21.0. The molecule has 5 atom stereocenters. The summed E-state index contributed by atoms with van der Waals surface area (Å²) in [4.78, 5) is 19.5. The van der Waals surface area contributed by atoms with E-state index in [2.05, 4.69) is 15.3 Å². The van der Waals surface area contributed by atoms with E-state index in [0.717, 1.165) is 27.4 Å². The number of rotatable bonds is 6. The lowest BCUT2D eigenvalue weighted by atomic mass is 9.91. The van der Waals surface area contributed by atoms with Crippen molar-refractivity contribution < 1.29 is 37.7 Å². The summed E-state index contributed by atoms with van der Waals surface area (Å²) in [6, 6.07) is 5.80. The normalized spacial score (nSPS) is 23.3. The number of amides is 1. The number of aliphatic hydroxyl groups is 2.